The van der Waals surface area contributed by atoms with Gasteiger partial charge in [0.15, 0.2) is 5.78 Å². The zero-order chi connectivity index (χ0) is 14.0. The van der Waals surface area contributed by atoms with Crippen molar-refractivity contribution in [1.82, 2.24) is 0 Å². The molecule has 0 heterocycles. The van der Waals surface area contributed by atoms with Gasteiger partial charge in [0.05, 0.1) is 10.6 Å². The molecule has 2 rings (SSSR count). The molecule has 4 nitrogen and oxygen atoms in total. The quantitative estimate of drug-likeness (QED) is 0.845. The Kier molecular flexibility index (Phi) is 3.53. The SMILES string of the molecule is O=C(O)c1ccccc1C(=O)c1ccc(O)cc1Cl. The number of phenolic OH excluding ortho intramolecular Hbond substituents is 1. The minimum atomic E-state index is -1.18. The number of benzene rings is 2. The fraction of sp³-hybridized carbons (Fsp3) is 0. The topological polar surface area (TPSA) is 74.6 Å². The molecule has 0 aliphatic rings. The van der Waals surface area contributed by atoms with Gasteiger partial charge in [-0.3, -0.25) is 4.79 Å². The van der Waals surface area contributed by atoms with E-state index in [1.807, 2.05) is 0 Å². The number of hydrogen-bond donors (Lipinski definition) is 2. The summed E-state index contributed by atoms with van der Waals surface area (Å²) in [6.07, 6.45) is 0. The molecule has 19 heavy (non-hydrogen) atoms. The summed E-state index contributed by atoms with van der Waals surface area (Å²) < 4.78 is 0. The van der Waals surface area contributed by atoms with Crippen LogP contribution in [-0.2, 0) is 0 Å². The van der Waals surface area contributed by atoms with Crippen molar-refractivity contribution in [2.75, 3.05) is 0 Å². The standard InChI is InChI=1S/C14H9ClO4/c15-12-7-8(16)5-6-11(12)13(17)9-3-1-2-4-10(9)14(18)19/h1-7,16H,(H,18,19). The third-order valence-corrected chi connectivity index (χ3v) is 2.91. The lowest BCUT2D eigenvalue weighted by atomic mass is 9.98. The van der Waals surface area contributed by atoms with Crippen LogP contribution in [0, 0.1) is 0 Å². The predicted octanol–water partition coefficient (Wildman–Crippen LogP) is 2.97. The zero-order valence-corrected chi connectivity index (χ0v) is 10.4. The first-order chi connectivity index (χ1) is 9.00. The first-order valence-corrected chi connectivity index (χ1v) is 5.74. The predicted molar refractivity (Wildman–Crippen MR) is 70.0 cm³/mol. The van der Waals surface area contributed by atoms with E-state index in [4.69, 9.17) is 16.7 Å². The Labute approximate surface area is 113 Å². The smallest absolute Gasteiger partial charge is 0.336 e. The highest BCUT2D eigenvalue weighted by molar-refractivity contribution is 6.35. The molecule has 2 N–H and O–H groups in total. The lowest BCUT2D eigenvalue weighted by Gasteiger charge is -2.07. The summed E-state index contributed by atoms with van der Waals surface area (Å²) in [5.41, 5.74) is 0.118. The largest absolute Gasteiger partial charge is 0.508 e. The molecule has 2 aromatic rings. The van der Waals surface area contributed by atoms with Gasteiger partial charge in [0.1, 0.15) is 5.75 Å². The zero-order valence-electron chi connectivity index (χ0n) is 9.63. The summed E-state index contributed by atoms with van der Waals surface area (Å²) in [6.45, 7) is 0. The van der Waals surface area contributed by atoms with Crippen LogP contribution in [0.3, 0.4) is 0 Å². The van der Waals surface area contributed by atoms with Gasteiger partial charge in [-0.15, -0.1) is 0 Å². The molecular formula is C14H9ClO4. The molecule has 0 saturated heterocycles. The van der Waals surface area contributed by atoms with Crippen molar-refractivity contribution in [3.63, 3.8) is 0 Å². The van der Waals surface area contributed by atoms with Crippen LogP contribution in [0.2, 0.25) is 5.02 Å². The van der Waals surface area contributed by atoms with E-state index in [1.165, 1.54) is 30.3 Å². The van der Waals surface area contributed by atoms with Crippen molar-refractivity contribution in [2.45, 2.75) is 0 Å². The van der Waals surface area contributed by atoms with Crippen LogP contribution in [0.5, 0.6) is 5.75 Å². The minimum Gasteiger partial charge on any atom is -0.508 e. The summed E-state index contributed by atoms with van der Waals surface area (Å²) in [5, 5.41) is 18.4. The molecule has 96 valence electrons. The molecule has 0 radical (unpaired) electrons. The normalized spacial score (nSPS) is 10.2. The Bertz CT molecular complexity index is 664. The van der Waals surface area contributed by atoms with Gasteiger partial charge in [-0.05, 0) is 24.3 Å². The van der Waals surface area contributed by atoms with Gasteiger partial charge in [-0.2, -0.15) is 0 Å². The molecular weight excluding hydrogens is 268 g/mol. The Morgan fingerprint density at radius 2 is 1.58 bits per heavy atom. The fourth-order valence-corrected chi connectivity index (χ4v) is 1.96. The second-order valence-corrected chi connectivity index (χ2v) is 4.25. The van der Waals surface area contributed by atoms with Crippen LogP contribution < -0.4 is 0 Å². The van der Waals surface area contributed by atoms with Gasteiger partial charge in [0.25, 0.3) is 0 Å². The number of hydrogen-bond acceptors (Lipinski definition) is 3. The number of ketones is 1. The van der Waals surface area contributed by atoms with Gasteiger partial charge in [-0.25, -0.2) is 4.79 Å². The molecule has 5 heteroatoms. The van der Waals surface area contributed by atoms with Gasteiger partial charge >= 0.3 is 5.97 Å². The van der Waals surface area contributed by atoms with E-state index >= 15 is 0 Å². The number of carboxylic acid groups (broad SMARTS) is 1. The van der Waals surface area contributed by atoms with Crippen LogP contribution in [-0.4, -0.2) is 22.0 Å². The van der Waals surface area contributed by atoms with Crippen molar-refractivity contribution in [3.05, 3.63) is 64.2 Å². The third-order valence-electron chi connectivity index (χ3n) is 2.60. The maximum absolute atomic E-state index is 12.3. The van der Waals surface area contributed by atoms with Crippen molar-refractivity contribution < 1.29 is 19.8 Å². The monoisotopic (exact) mass is 276 g/mol. The number of carbonyl (C=O) groups excluding carboxylic acids is 1. The second kappa shape index (κ2) is 5.12. The Balaban J connectivity index is 2.53. The first kappa shape index (κ1) is 13.1. The van der Waals surface area contributed by atoms with Crippen LogP contribution in [0.25, 0.3) is 0 Å². The summed E-state index contributed by atoms with van der Waals surface area (Å²) in [4.78, 5) is 23.3. The Morgan fingerprint density at radius 1 is 0.947 bits per heavy atom. The average Bonchev–Trinajstić information content (AvgIpc) is 2.38. The Hall–Kier alpha value is -2.33. The van der Waals surface area contributed by atoms with E-state index in [-0.39, 0.29) is 27.5 Å². The maximum Gasteiger partial charge on any atom is 0.336 e. The molecule has 0 saturated carbocycles. The number of carboxylic acids is 1. The molecule has 0 aliphatic heterocycles. The molecule has 0 unspecified atom stereocenters. The number of aromatic hydroxyl groups is 1. The highest BCUT2D eigenvalue weighted by Crippen LogP contribution is 2.25. The molecule has 0 aliphatic carbocycles. The van der Waals surface area contributed by atoms with Crippen LogP contribution in [0.1, 0.15) is 26.3 Å². The van der Waals surface area contributed by atoms with Crippen molar-refractivity contribution >= 4 is 23.4 Å². The fourth-order valence-electron chi connectivity index (χ4n) is 1.70. The highest BCUT2D eigenvalue weighted by Gasteiger charge is 2.19. The van der Waals surface area contributed by atoms with Crippen LogP contribution in [0.15, 0.2) is 42.5 Å². The van der Waals surface area contributed by atoms with E-state index in [2.05, 4.69) is 0 Å². The molecule has 0 fully saturated rings. The maximum atomic E-state index is 12.3. The van der Waals surface area contributed by atoms with Gasteiger partial charge in [-0.1, -0.05) is 29.8 Å². The van der Waals surface area contributed by atoms with Crippen molar-refractivity contribution in [3.8, 4) is 5.75 Å². The summed E-state index contributed by atoms with van der Waals surface area (Å²) in [6, 6.07) is 9.81. The molecule has 0 spiro atoms. The summed E-state index contributed by atoms with van der Waals surface area (Å²) in [5.74, 6) is -1.74. The average molecular weight is 277 g/mol. The van der Waals surface area contributed by atoms with Gasteiger partial charge in [0.2, 0.25) is 0 Å². The first-order valence-electron chi connectivity index (χ1n) is 5.36. The summed E-state index contributed by atoms with van der Waals surface area (Å²) in [7, 11) is 0. The number of halogens is 1. The van der Waals surface area contributed by atoms with Crippen LogP contribution >= 0.6 is 11.6 Å². The molecule has 0 amide bonds. The highest BCUT2D eigenvalue weighted by atomic mass is 35.5. The minimum absolute atomic E-state index is 0.0580. The van der Waals surface area contributed by atoms with Gasteiger partial charge in [0, 0.05) is 11.1 Å². The lowest BCUT2D eigenvalue weighted by Crippen LogP contribution is -2.09. The number of aromatic carboxylic acids is 1. The van der Waals surface area contributed by atoms with E-state index in [1.54, 1.807) is 12.1 Å². The number of carbonyl (C=O) groups is 2. The van der Waals surface area contributed by atoms with E-state index in [0.717, 1.165) is 0 Å². The Morgan fingerprint density at radius 3 is 2.16 bits per heavy atom. The van der Waals surface area contributed by atoms with E-state index < -0.39 is 11.8 Å². The molecule has 0 aromatic heterocycles. The van der Waals surface area contributed by atoms with E-state index in [0.29, 0.717) is 0 Å². The molecule has 0 bridgehead atoms. The second-order valence-electron chi connectivity index (χ2n) is 3.84. The van der Waals surface area contributed by atoms with E-state index in [9.17, 15) is 14.7 Å². The molecule has 2 aromatic carbocycles. The van der Waals surface area contributed by atoms with Crippen molar-refractivity contribution in [1.29, 1.82) is 0 Å². The van der Waals surface area contributed by atoms with Crippen LogP contribution in [0.4, 0.5) is 0 Å². The van der Waals surface area contributed by atoms with Gasteiger partial charge < -0.3 is 10.2 Å². The number of phenols is 1. The lowest BCUT2D eigenvalue weighted by molar-refractivity contribution is 0.0693. The molecule has 0 atom stereocenters. The summed E-state index contributed by atoms with van der Waals surface area (Å²) >= 11 is 5.88. The third kappa shape index (κ3) is 2.58. The van der Waals surface area contributed by atoms with Crippen molar-refractivity contribution in [2.24, 2.45) is 0 Å². The number of rotatable bonds is 3.